The second kappa shape index (κ2) is 9.96. The van der Waals surface area contributed by atoms with Crippen molar-refractivity contribution >= 4 is 40.4 Å². The molecule has 158 valence electrons. The molecule has 0 saturated heterocycles. The zero-order chi connectivity index (χ0) is 21.6. The topological polar surface area (TPSA) is 53.9 Å². The number of fused-ring (bicyclic) bond motifs is 1. The van der Waals surface area contributed by atoms with E-state index in [0.717, 1.165) is 46.4 Å². The molecular weight excluding hydrogens is 501 g/mol. The lowest BCUT2D eigenvalue weighted by Gasteiger charge is -2.31. The quantitative estimate of drug-likeness (QED) is 0.280. The van der Waals surface area contributed by atoms with E-state index in [1.54, 1.807) is 19.4 Å². The molecule has 0 unspecified atom stereocenters. The van der Waals surface area contributed by atoms with Gasteiger partial charge in [0.2, 0.25) is 0 Å². The number of amides is 1. The van der Waals surface area contributed by atoms with Gasteiger partial charge in [0.25, 0.3) is 5.91 Å². The highest BCUT2D eigenvalue weighted by molar-refractivity contribution is 14.1. The van der Waals surface area contributed by atoms with Crippen LogP contribution in [-0.2, 0) is 13.0 Å². The Labute approximate surface area is 196 Å². The Hall–Kier alpha value is -2.87. The molecule has 0 bridgehead atoms. The molecule has 1 N–H and O–H groups in total. The summed E-state index contributed by atoms with van der Waals surface area (Å²) in [5.41, 5.74) is 7.87. The number of nitrogens with one attached hydrogen (secondary N) is 1. The summed E-state index contributed by atoms with van der Waals surface area (Å²) in [5.74, 6) is 0.622. The van der Waals surface area contributed by atoms with Gasteiger partial charge in [-0.1, -0.05) is 24.3 Å². The standard InChI is InChI=1S/C25H24IN3O2/c1-31-24-12-11-18(16-27-28-25(30)20-7-4-9-22(26)15-20)14-21(24)17-29-13-5-8-19-6-2-3-10-23(19)29/h2-4,6-7,9-12,14-16H,5,8,13,17H2,1H3,(H,28,30). The van der Waals surface area contributed by atoms with Gasteiger partial charge < -0.3 is 9.64 Å². The minimum atomic E-state index is -0.228. The Morgan fingerprint density at radius 2 is 2.03 bits per heavy atom. The van der Waals surface area contributed by atoms with Crippen LogP contribution in [0.4, 0.5) is 5.69 Å². The molecule has 1 heterocycles. The van der Waals surface area contributed by atoms with E-state index in [0.29, 0.717) is 5.56 Å². The molecule has 0 aromatic heterocycles. The lowest BCUT2D eigenvalue weighted by molar-refractivity contribution is 0.0955. The Balaban J connectivity index is 1.49. The summed E-state index contributed by atoms with van der Waals surface area (Å²) in [6.45, 7) is 1.78. The number of hydrogen-bond acceptors (Lipinski definition) is 4. The number of anilines is 1. The van der Waals surface area contributed by atoms with Crippen molar-refractivity contribution in [2.24, 2.45) is 5.10 Å². The Morgan fingerprint density at radius 1 is 1.16 bits per heavy atom. The van der Waals surface area contributed by atoms with Crippen molar-refractivity contribution in [3.05, 3.63) is 92.6 Å². The van der Waals surface area contributed by atoms with Crippen LogP contribution in [0.15, 0.2) is 71.8 Å². The first-order chi connectivity index (χ1) is 15.1. The first kappa shape index (κ1) is 21.4. The molecule has 5 nitrogen and oxygen atoms in total. The number of methoxy groups -OCH3 is 1. The number of benzene rings is 3. The first-order valence-corrected chi connectivity index (χ1v) is 11.3. The maximum atomic E-state index is 12.3. The van der Waals surface area contributed by atoms with Crippen molar-refractivity contribution in [1.29, 1.82) is 0 Å². The second-order valence-electron chi connectivity index (χ2n) is 7.43. The highest BCUT2D eigenvalue weighted by Crippen LogP contribution is 2.30. The third-order valence-electron chi connectivity index (χ3n) is 5.34. The summed E-state index contributed by atoms with van der Waals surface area (Å²) in [7, 11) is 1.69. The largest absolute Gasteiger partial charge is 0.496 e. The van der Waals surface area contributed by atoms with Crippen LogP contribution in [0.5, 0.6) is 5.75 Å². The molecule has 0 fully saturated rings. The maximum Gasteiger partial charge on any atom is 0.271 e. The number of ether oxygens (including phenoxy) is 1. The minimum Gasteiger partial charge on any atom is -0.496 e. The van der Waals surface area contributed by atoms with E-state index < -0.39 is 0 Å². The van der Waals surface area contributed by atoms with Crippen molar-refractivity contribution in [2.45, 2.75) is 19.4 Å². The summed E-state index contributed by atoms with van der Waals surface area (Å²) in [6, 6.07) is 21.9. The van der Waals surface area contributed by atoms with E-state index in [1.165, 1.54) is 11.3 Å². The first-order valence-electron chi connectivity index (χ1n) is 10.2. The summed E-state index contributed by atoms with van der Waals surface area (Å²) in [6.07, 6.45) is 3.93. The molecule has 6 heteroatoms. The SMILES string of the molecule is COc1ccc(C=NNC(=O)c2cccc(I)c2)cc1CN1CCCc2ccccc21. The number of halogens is 1. The molecule has 0 spiro atoms. The van der Waals surface area contributed by atoms with Gasteiger partial charge in [0.1, 0.15) is 5.75 Å². The number of rotatable bonds is 6. The van der Waals surface area contributed by atoms with Crippen molar-refractivity contribution in [3.63, 3.8) is 0 Å². The average molecular weight is 525 g/mol. The molecule has 0 aliphatic carbocycles. The monoisotopic (exact) mass is 525 g/mol. The van der Waals surface area contributed by atoms with Gasteiger partial charge in [-0.3, -0.25) is 4.79 Å². The number of hydrazone groups is 1. The Morgan fingerprint density at radius 3 is 2.87 bits per heavy atom. The van der Waals surface area contributed by atoms with E-state index >= 15 is 0 Å². The van der Waals surface area contributed by atoms with Gasteiger partial charge in [-0.2, -0.15) is 5.10 Å². The molecule has 31 heavy (non-hydrogen) atoms. The zero-order valence-electron chi connectivity index (χ0n) is 17.3. The summed E-state index contributed by atoms with van der Waals surface area (Å²) in [5, 5.41) is 4.15. The highest BCUT2D eigenvalue weighted by Gasteiger charge is 2.18. The Kier molecular flexibility index (Phi) is 6.86. The summed E-state index contributed by atoms with van der Waals surface area (Å²) < 4.78 is 6.61. The number of aryl methyl sites for hydroxylation is 1. The third-order valence-corrected chi connectivity index (χ3v) is 6.01. The molecule has 3 aromatic carbocycles. The predicted molar refractivity (Wildman–Crippen MR) is 133 cm³/mol. The van der Waals surface area contributed by atoms with Crippen LogP contribution in [0.1, 0.15) is 33.5 Å². The van der Waals surface area contributed by atoms with E-state index in [1.807, 2.05) is 30.3 Å². The van der Waals surface area contributed by atoms with Crippen LogP contribution in [0.3, 0.4) is 0 Å². The van der Waals surface area contributed by atoms with Gasteiger partial charge in [0.05, 0.1) is 13.3 Å². The van der Waals surface area contributed by atoms with Gasteiger partial charge in [0, 0.05) is 33.5 Å². The molecule has 0 atom stereocenters. The smallest absolute Gasteiger partial charge is 0.271 e. The van der Waals surface area contributed by atoms with Gasteiger partial charge in [-0.25, -0.2) is 5.43 Å². The average Bonchev–Trinajstić information content (AvgIpc) is 2.79. The molecule has 3 aromatic rings. The fraction of sp³-hybridized carbons (Fsp3) is 0.200. The molecule has 0 saturated carbocycles. The molecule has 0 radical (unpaired) electrons. The fourth-order valence-electron chi connectivity index (χ4n) is 3.84. The third kappa shape index (κ3) is 5.25. The van der Waals surface area contributed by atoms with Crippen LogP contribution in [0.25, 0.3) is 0 Å². The van der Waals surface area contributed by atoms with Gasteiger partial charge in [-0.05, 0) is 89.0 Å². The van der Waals surface area contributed by atoms with Crippen LogP contribution in [0, 0.1) is 3.57 Å². The lowest BCUT2D eigenvalue weighted by Crippen LogP contribution is -2.29. The fourth-order valence-corrected chi connectivity index (χ4v) is 4.39. The van der Waals surface area contributed by atoms with Crippen LogP contribution >= 0.6 is 22.6 Å². The molecule has 1 amide bonds. The van der Waals surface area contributed by atoms with Gasteiger partial charge >= 0.3 is 0 Å². The number of para-hydroxylation sites is 1. The molecular formula is C25H24IN3O2. The molecule has 1 aliphatic rings. The summed E-state index contributed by atoms with van der Waals surface area (Å²) >= 11 is 2.18. The number of hydrogen-bond donors (Lipinski definition) is 1. The van der Waals surface area contributed by atoms with Crippen molar-refractivity contribution in [1.82, 2.24) is 5.43 Å². The van der Waals surface area contributed by atoms with Crippen LogP contribution in [-0.4, -0.2) is 25.8 Å². The number of carbonyl (C=O) groups excluding carboxylic acids is 1. The van der Waals surface area contributed by atoms with E-state index in [-0.39, 0.29) is 5.91 Å². The van der Waals surface area contributed by atoms with E-state index in [4.69, 9.17) is 4.74 Å². The number of nitrogens with zero attached hydrogens (tertiary/aromatic N) is 2. The second-order valence-corrected chi connectivity index (χ2v) is 8.68. The van der Waals surface area contributed by atoms with Crippen LogP contribution < -0.4 is 15.1 Å². The van der Waals surface area contributed by atoms with Gasteiger partial charge in [0.15, 0.2) is 0 Å². The van der Waals surface area contributed by atoms with Gasteiger partial charge in [-0.15, -0.1) is 0 Å². The van der Waals surface area contributed by atoms with Crippen molar-refractivity contribution in [3.8, 4) is 5.75 Å². The molecule has 1 aliphatic heterocycles. The molecule has 4 rings (SSSR count). The predicted octanol–water partition coefficient (Wildman–Crippen LogP) is 5.02. The number of carbonyl (C=O) groups is 1. The lowest BCUT2D eigenvalue weighted by atomic mass is 10.0. The van der Waals surface area contributed by atoms with E-state index in [2.05, 4.69) is 68.3 Å². The highest BCUT2D eigenvalue weighted by atomic mass is 127. The minimum absolute atomic E-state index is 0.228. The van der Waals surface area contributed by atoms with Crippen molar-refractivity contribution < 1.29 is 9.53 Å². The Bertz CT molecular complexity index is 1110. The van der Waals surface area contributed by atoms with Crippen molar-refractivity contribution in [2.75, 3.05) is 18.6 Å². The normalized spacial score (nSPS) is 13.2. The van der Waals surface area contributed by atoms with Crippen LogP contribution in [0.2, 0.25) is 0 Å². The summed E-state index contributed by atoms with van der Waals surface area (Å²) in [4.78, 5) is 14.7. The zero-order valence-corrected chi connectivity index (χ0v) is 19.5. The maximum absolute atomic E-state index is 12.3. The van der Waals surface area contributed by atoms with E-state index in [9.17, 15) is 4.79 Å².